The molecule has 0 aromatic carbocycles. The predicted octanol–water partition coefficient (Wildman–Crippen LogP) is 2.65. The lowest BCUT2D eigenvalue weighted by Crippen LogP contribution is -2.29. The average Bonchev–Trinajstić information content (AvgIpc) is 2.73. The van der Waals surface area contributed by atoms with Crippen LogP contribution in [0, 0.1) is 0 Å². The van der Waals surface area contributed by atoms with Gasteiger partial charge in [-0.25, -0.2) is 0 Å². The van der Waals surface area contributed by atoms with E-state index in [1.165, 1.54) is 4.88 Å². The third-order valence-corrected chi connectivity index (χ3v) is 4.34. The number of aromatic nitrogens is 1. The quantitative estimate of drug-likeness (QED) is 0.674. The number of hydrogen-bond donors (Lipinski definition) is 2. The Hall–Kier alpha value is -0.750. The fourth-order valence-corrected chi connectivity index (χ4v) is 3.09. The molecule has 0 radical (unpaired) electrons. The van der Waals surface area contributed by atoms with Crippen molar-refractivity contribution in [1.29, 1.82) is 0 Å². The molecule has 2 aromatic rings. The average molecular weight is 298 g/mol. The van der Waals surface area contributed by atoms with Gasteiger partial charge < -0.3 is 0 Å². The van der Waals surface area contributed by atoms with E-state index in [1.54, 1.807) is 23.7 Å². The first-order valence-electron chi connectivity index (χ1n) is 4.89. The molecule has 2 rings (SSSR count). The van der Waals surface area contributed by atoms with Gasteiger partial charge in [0, 0.05) is 28.2 Å². The number of nitrogens with two attached hydrogens (primary N) is 1. The van der Waals surface area contributed by atoms with Crippen molar-refractivity contribution in [1.82, 2.24) is 10.4 Å². The van der Waals surface area contributed by atoms with Crippen LogP contribution in [0.4, 0.5) is 0 Å². The van der Waals surface area contributed by atoms with E-state index in [9.17, 15) is 0 Å². The first kappa shape index (κ1) is 11.7. The van der Waals surface area contributed by atoms with Gasteiger partial charge in [-0.1, -0.05) is 0 Å². The number of nitrogens with one attached hydrogen (secondary N) is 1. The van der Waals surface area contributed by atoms with Crippen molar-refractivity contribution in [2.24, 2.45) is 5.84 Å². The summed E-state index contributed by atoms with van der Waals surface area (Å²) in [4.78, 5) is 5.29. The third-order valence-electron chi connectivity index (χ3n) is 2.39. The highest BCUT2D eigenvalue weighted by molar-refractivity contribution is 9.10. The second kappa shape index (κ2) is 5.54. The molecule has 0 saturated carbocycles. The molecule has 5 heteroatoms. The van der Waals surface area contributed by atoms with Crippen molar-refractivity contribution in [2.45, 2.75) is 12.5 Å². The number of hydrogen-bond acceptors (Lipinski definition) is 4. The van der Waals surface area contributed by atoms with Gasteiger partial charge in [0.1, 0.15) is 0 Å². The lowest BCUT2D eigenvalue weighted by atomic mass is 10.1. The molecule has 2 aromatic heterocycles. The molecule has 0 aliphatic heterocycles. The van der Waals surface area contributed by atoms with Crippen molar-refractivity contribution in [2.75, 3.05) is 0 Å². The van der Waals surface area contributed by atoms with Crippen LogP contribution in [0.2, 0.25) is 0 Å². The number of halogens is 1. The summed E-state index contributed by atoms with van der Waals surface area (Å²) < 4.78 is 1.15. The summed E-state index contributed by atoms with van der Waals surface area (Å²) >= 11 is 5.26. The van der Waals surface area contributed by atoms with Crippen molar-refractivity contribution in [3.05, 3.63) is 50.9 Å². The van der Waals surface area contributed by atoms with Gasteiger partial charge in [0.15, 0.2) is 0 Å². The van der Waals surface area contributed by atoms with E-state index in [1.807, 2.05) is 12.1 Å². The maximum absolute atomic E-state index is 5.59. The molecule has 0 saturated heterocycles. The maximum Gasteiger partial charge on any atom is 0.0509 e. The largest absolute Gasteiger partial charge is 0.271 e. The fourth-order valence-electron chi connectivity index (χ4n) is 1.52. The van der Waals surface area contributed by atoms with E-state index in [4.69, 9.17) is 5.84 Å². The van der Waals surface area contributed by atoms with Crippen LogP contribution in [0.15, 0.2) is 40.4 Å². The Balaban J connectivity index is 2.16. The highest BCUT2D eigenvalue weighted by Gasteiger charge is 2.12. The van der Waals surface area contributed by atoms with Crippen LogP contribution in [-0.2, 0) is 6.42 Å². The van der Waals surface area contributed by atoms with Gasteiger partial charge in [-0.05, 0) is 45.1 Å². The number of thiophene rings is 1. The molecule has 0 aliphatic carbocycles. The highest BCUT2D eigenvalue weighted by atomic mass is 79.9. The van der Waals surface area contributed by atoms with Gasteiger partial charge in [0.25, 0.3) is 0 Å². The summed E-state index contributed by atoms with van der Waals surface area (Å²) in [7, 11) is 0. The van der Waals surface area contributed by atoms with Crippen LogP contribution in [0.5, 0.6) is 0 Å². The fraction of sp³-hybridized carbons (Fsp3) is 0.182. The van der Waals surface area contributed by atoms with E-state index in [0.717, 1.165) is 16.5 Å². The maximum atomic E-state index is 5.59. The van der Waals surface area contributed by atoms with Crippen LogP contribution in [0.3, 0.4) is 0 Å². The summed E-state index contributed by atoms with van der Waals surface area (Å²) in [5, 5.41) is 2.07. The SMILES string of the molecule is NNC(Cc1sccc1Br)c1ccncc1. The topological polar surface area (TPSA) is 50.9 Å². The molecule has 1 unspecified atom stereocenters. The molecule has 16 heavy (non-hydrogen) atoms. The summed E-state index contributed by atoms with van der Waals surface area (Å²) in [6.45, 7) is 0. The predicted molar refractivity (Wildman–Crippen MR) is 70.0 cm³/mol. The van der Waals surface area contributed by atoms with E-state index in [2.05, 4.69) is 37.8 Å². The Kier molecular flexibility index (Phi) is 4.06. The normalized spacial score (nSPS) is 12.6. The van der Waals surface area contributed by atoms with Gasteiger partial charge >= 0.3 is 0 Å². The Labute approximate surface area is 107 Å². The standard InChI is InChI=1S/C11H12BrN3S/c12-9-3-6-16-11(9)7-10(15-13)8-1-4-14-5-2-8/h1-6,10,15H,7,13H2. The summed E-state index contributed by atoms with van der Waals surface area (Å²) in [6, 6.07) is 6.14. The van der Waals surface area contributed by atoms with Crippen molar-refractivity contribution in [3.8, 4) is 0 Å². The molecular weight excluding hydrogens is 286 g/mol. The number of hydrazine groups is 1. The molecule has 2 heterocycles. The molecule has 84 valence electrons. The first-order valence-corrected chi connectivity index (χ1v) is 6.56. The summed E-state index contributed by atoms with van der Waals surface area (Å²) in [6.07, 6.45) is 4.44. The third kappa shape index (κ3) is 2.68. The molecule has 0 fully saturated rings. The molecule has 3 nitrogen and oxygen atoms in total. The molecular formula is C11H12BrN3S. The smallest absolute Gasteiger partial charge is 0.0509 e. The molecule has 3 N–H and O–H groups in total. The Morgan fingerprint density at radius 2 is 2.12 bits per heavy atom. The van der Waals surface area contributed by atoms with Crippen LogP contribution >= 0.6 is 27.3 Å². The van der Waals surface area contributed by atoms with E-state index < -0.39 is 0 Å². The van der Waals surface area contributed by atoms with Crippen molar-refractivity contribution in [3.63, 3.8) is 0 Å². The van der Waals surface area contributed by atoms with Crippen LogP contribution in [0.25, 0.3) is 0 Å². The second-order valence-electron chi connectivity index (χ2n) is 3.40. The van der Waals surface area contributed by atoms with Gasteiger partial charge in [-0.15, -0.1) is 11.3 Å². The zero-order valence-corrected chi connectivity index (χ0v) is 11.0. The Bertz CT molecular complexity index is 444. The van der Waals surface area contributed by atoms with Crippen LogP contribution < -0.4 is 11.3 Å². The van der Waals surface area contributed by atoms with Crippen molar-refractivity contribution >= 4 is 27.3 Å². The van der Waals surface area contributed by atoms with E-state index >= 15 is 0 Å². The lowest BCUT2D eigenvalue weighted by molar-refractivity contribution is 0.554. The zero-order valence-electron chi connectivity index (χ0n) is 8.56. The van der Waals surface area contributed by atoms with E-state index in [-0.39, 0.29) is 6.04 Å². The summed E-state index contributed by atoms with van der Waals surface area (Å²) in [5.74, 6) is 5.59. The molecule has 0 bridgehead atoms. The minimum absolute atomic E-state index is 0.123. The monoisotopic (exact) mass is 297 g/mol. The molecule has 0 spiro atoms. The number of pyridine rings is 1. The molecule has 0 amide bonds. The Morgan fingerprint density at radius 1 is 1.38 bits per heavy atom. The van der Waals surface area contributed by atoms with Gasteiger partial charge in [-0.3, -0.25) is 16.3 Å². The minimum Gasteiger partial charge on any atom is -0.271 e. The Morgan fingerprint density at radius 3 is 2.69 bits per heavy atom. The van der Waals surface area contributed by atoms with Crippen LogP contribution in [0.1, 0.15) is 16.5 Å². The van der Waals surface area contributed by atoms with Gasteiger partial charge in [0.05, 0.1) is 6.04 Å². The number of nitrogens with zero attached hydrogens (tertiary/aromatic N) is 1. The lowest BCUT2D eigenvalue weighted by Gasteiger charge is -2.15. The van der Waals surface area contributed by atoms with E-state index in [0.29, 0.717) is 0 Å². The van der Waals surface area contributed by atoms with Gasteiger partial charge in [-0.2, -0.15) is 0 Å². The summed E-state index contributed by atoms with van der Waals surface area (Å²) in [5.41, 5.74) is 3.99. The van der Waals surface area contributed by atoms with Gasteiger partial charge in [0.2, 0.25) is 0 Å². The zero-order chi connectivity index (χ0) is 11.4. The first-order chi connectivity index (χ1) is 7.81. The minimum atomic E-state index is 0.123. The van der Waals surface area contributed by atoms with Crippen LogP contribution in [-0.4, -0.2) is 4.98 Å². The molecule has 0 aliphatic rings. The molecule has 1 atom stereocenters. The van der Waals surface area contributed by atoms with Crippen molar-refractivity contribution < 1.29 is 0 Å². The number of rotatable bonds is 4. The second-order valence-corrected chi connectivity index (χ2v) is 5.25. The highest BCUT2D eigenvalue weighted by Crippen LogP contribution is 2.27.